The highest BCUT2D eigenvalue weighted by Crippen LogP contribution is 2.47. The zero-order chi connectivity index (χ0) is 11.3. The van der Waals surface area contributed by atoms with E-state index in [0.717, 1.165) is 24.4 Å². The van der Waals surface area contributed by atoms with E-state index in [1.807, 2.05) is 30.3 Å². The summed E-state index contributed by atoms with van der Waals surface area (Å²) in [7, 11) is -3.03. The van der Waals surface area contributed by atoms with Crippen molar-refractivity contribution in [2.75, 3.05) is 7.11 Å². The molecule has 0 fully saturated rings. The summed E-state index contributed by atoms with van der Waals surface area (Å²) >= 11 is 0.784. The maximum Gasteiger partial charge on any atom is 0.404 e. The maximum absolute atomic E-state index is 11.2. The SMILES string of the molecule is COP(=O)(O)C(=O)SCc1ccccc1. The van der Waals surface area contributed by atoms with E-state index < -0.39 is 12.5 Å². The van der Waals surface area contributed by atoms with Gasteiger partial charge in [-0.05, 0) is 5.56 Å². The highest BCUT2D eigenvalue weighted by atomic mass is 32.2. The van der Waals surface area contributed by atoms with Gasteiger partial charge in [0.1, 0.15) is 0 Å². The van der Waals surface area contributed by atoms with Gasteiger partial charge < -0.3 is 9.42 Å². The van der Waals surface area contributed by atoms with Gasteiger partial charge in [0.15, 0.2) is 0 Å². The molecule has 6 heteroatoms. The first-order valence-corrected chi connectivity index (χ1v) is 6.72. The predicted octanol–water partition coefficient (Wildman–Crippen LogP) is 2.87. The van der Waals surface area contributed by atoms with Crippen LogP contribution in [0.2, 0.25) is 0 Å². The Balaban J connectivity index is 2.52. The third-order valence-corrected chi connectivity index (χ3v) is 4.44. The Bertz CT molecular complexity index is 379. The van der Waals surface area contributed by atoms with Crippen LogP contribution in [0.3, 0.4) is 0 Å². The molecule has 0 saturated carbocycles. The van der Waals surface area contributed by atoms with Gasteiger partial charge in [0.25, 0.3) is 0 Å². The summed E-state index contributed by atoms with van der Waals surface area (Å²) in [6.45, 7) is 0. The maximum atomic E-state index is 11.2. The normalized spacial score (nSPS) is 14.5. The van der Waals surface area contributed by atoms with Crippen LogP contribution in [0.15, 0.2) is 30.3 Å². The average molecular weight is 246 g/mol. The van der Waals surface area contributed by atoms with Crippen molar-refractivity contribution in [2.24, 2.45) is 0 Å². The van der Waals surface area contributed by atoms with Crippen LogP contribution in [0, 0.1) is 0 Å². The molecule has 4 nitrogen and oxygen atoms in total. The monoisotopic (exact) mass is 246 g/mol. The Morgan fingerprint density at radius 2 is 2.07 bits per heavy atom. The lowest BCUT2D eigenvalue weighted by molar-refractivity contribution is 0.259. The number of hydrogen-bond acceptors (Lipinski definition) is 4. The first kappa shape index (κ1) is 12.5. The minimum absolute atomic E-state index is 0.369. The highest BCUT2D eigenvalue weighted by molar-refractivity contribution is 8.24. The lowest BCUT2D eigenvalue weighted by Crippen LogP contribution is -1.94. The molecule has 1 aromatic carbocycles. The molecule has 0 heterocycles. The number of benzene rings is 1. The quantitative estimate of drug-likeness (QED) is 0.827. The summed E-state index contributed by atoms with van der Waals surface area (Å²) < 4.78 is 15.3. The molecule has 0 aliphatic carbocycles. The van der Waals surface area contributed by atoms with Gasteiger partial charge in [-0.25, -0.2) is 0 Å². The topological polar surface area (TPSA) is 63.6 Å². The molecule has 15 heavy (non-hydrogen) atoms. The van der Waals surface area contributed by atoms with E-state index in [1.54, 1.807) is 0 Å². The van der Waals surface area contributed by atoms with Crippen LogP contribution in [0.25, 0.3) is 0 Å². The van der Waals surface area contributed by atoms with Gasteiger partial charge in [0.2, 0.25) is 0 Å². The van der Waals surface area contributed by atoms with E-state index in [4.69, 9.17) is 4.89 Å². The molecule has 0 radical (unpaired) electrons. The standard InChI is InChI=1S/C9H11O4PS/c1-13-14(11,12)9(10)15-7-8-5-3-2-4-6-8/h2-6H,7H2,1H3,(H,11,12). The molecule has 0 aliphatic rings. The van der Waals surface area contributed by atoms with Gasteiger partial charge in [-0.15, -0.1) is 0 Å². The molecule has 1 unspecified atom stereocenters. The second kappa shape index (κ2) is 5.47. The lowest BCUT2D eigenvalue weighted by atomic mass is 10.2. The molecule has 0 aromatic heterocycles. The van der Waals surface area contributed by atoms with E-state index in [2.05, 4.69) is 4.52 Å². The molecule has 0 bridgehead atoms. The Morgan fingerprint density at radius 1 is 1.47 bits per heavy atom. The van der Waals surface area contributed by atoms with Gasteiger partial charge in [0, 0.05) is 12.9 Å². The summed E-state index contributed by atoms with van der Waals surface area (Å²) in [5.41, 5.74) is 0.923. The van der Waals surface area contributed by atoms with Crippen molar-refractivity contribution in [3.63, 3.8) is 0 Å². The second-order valence-electron chi connectivity index (χ2n) is 2.74. The van der Waals surface area contributed by atoms with Crippen LogP contribution in [-0.2, 0) is 14.8 Å². The number of carbonyl (C=O) groups excluding carboxylic acids is 1. The minimum atomic E-state index is -4.08. The van der Waals surface area contributed by atoms with Gasteiger partial charge in [-0.2, -0.15) is 0 Å². The van der Waals surface area contributed by atoms with Crippen molar-refractivity contribution >= 4 is 24.2 Å². The summed E-state index contributed by atoms with van der Waals surface area (Å²) in [5, 5.41) is 0. The lowest BCUT2D eigenvalue weighted by Gasteiger charge is -2.06. The zero-order valence-corrected chi connectivity index (χ0v) is 9.83. The van der Waals surface area contributed by atoms with Crippen molar-refractivity contribution in [3.8, 4) is 0 Å². The van der Waals surface area contributed by atoms with Crippen molar-refractivity contribution in [1.82, 2.24) is 0 Å². The first-order valence-electron chi connectivity index (χ1n) is 4.16. The molecular formula is C9H11O4PS. The Kier molecular flexibility index (Phi) is 4.54. The van der Waals surface area contributed by atoms with Crippen molar-refractivity contribution in [3.05, 3.63) is 35.9 Å². The number of hydrogen-bond donors (Lipinski definition) is 1. The van der Waals surface area contributed by atoms with E-state index in [-0.39, 0.29) is 0 Å². The molecule has 1 N–H and O–H groups in total. The molecule has 0 aliphatic heterocycles. The average Bonchev–Trinajstić information content (AvgIpc) is 2.27. The molecule has 1 aromatic rings. The number of carbonyl (C=O) groups is 1. The molecule has 0 amide bonds. The molecule has 82 valence electrons. The van der Waals surface area contributed by atoms with E-state index in [9.17, 15) is 9.36 Å². The molecular weight excluding hydrogens is 235 g/mol. The van der Waals surface area contributed by atoms with E-state index in [1.165, 1.54) is 0 Å². The van der Waals surface area contributed by atoms with Gasteiger partial charge in [0.05, 0.1) is 0 Å². The predicted molar refractivity (Wildman–Crippen MR) is 60.0 cm³/mol. The van der Waals surface area contributed by atoms with Crippen LogP contribution in [0.4, 0.5) is 4.79 Å². The van der Waals surface area contributed by atoms with Crippen LogP contribution < -0.4 is 0 Å². The van der Waals surface area contributed by atoms with Crippen LogP contribution >= 0.6 is 19.4 Å². The van der Waals surface area contributed by atoms with Gasteiger partial charge in [-0.1, -0.05) is 42.1 Å². The summed E-state index contributed by atoms with van der Waals surface area (Å²) in [4.78, 5) is 19.4. The van der Waals surface area contributed by atoms with Crippen molar-refractivity contribution in [2.45, 2.75) is 5.75 Å². The molecule has 0 saturated heterocycles. The smallest absolute Gasteiger partial charge is 0.318 e. The number of thioether (sulfide) groups is 1. The highest BCUT2D eigenvalue weighted by Gasteiger charge is 2.29. The Labute approximate surface area is 92.2 Å². The van der Waals surface area contributed by atoms with Crippen LogP contribution in [0.1, 0.15) is 5.56 Å². The first-order chi connectivity index (χ1) is 7.06. The van der Waals surface area contributed by atoms with E-state index >= 15 is 0 Å². The number of rotatable bonds is 4. The Hall–Kier alpha value is -0.610. The Morgan fingerprint density at radius 3 is 2.60 bits per heavy atom. The summed E-state index contributed by atoms with van der Waals surface area (Å²) in [5.74, 6) is 0.369. The molecule has 1 rings (SSSR count). The van der Waals surface area contributed by atoms with Crippen LogP contribution in [-0.4, -0.2) is 16.9 Å². The molecule has 1 atom stereocenters. The largest absolute Gasteiger partial charge is 0.404 e. The van der Waals surface area contributed by atoms with Gasteiger partial charge in [-0.3, -0.25) is 9.36 Å². The molecule has 0 spiro atoms. The van der Waals surface area contributed by atoms with E-state index in [0.29, 0.717) is 5.75 Å². The fourth-order valence-corrected chi connectivity index (χ4v) is 2.58. The van der Waals surface area contributed by atoms with Crippen LogP contribution in [0.5, 0.6) is 0 Å². The summed E-state index contributed by atoms with van der Waals surface area (Å²) in [6, 6.07) is 9.23. The fraction of sp³-hybridized carbons (Fsp3) is 0.222. The van der Waals surface area contributed by atoms with Crippen molar-refractivity contribution < 1.29 is 18.8 Å². The van der Waals surface area contributed by atoms with Gasteiger partial charge >= 0.3 is 12.5 Å². The van der Waals surface area contributed by atoms with Crippen molar-refractivity contribution in [1.29, 1.82) is 0 Å². The summed E-state index contributed by atoms with van der Waals surface area (Å²) in [6.07, 6.45) is 0. The zero-order valence-electron chi connectivity index (χ0n) is 8.12. The third kappa shape index (κ3) is 3.80. The fourth-order valence-electron chi connectivity index (χ4n) is 0.875. The third-order valence-electron chi connectivity index (χ3n) is 1.68. The second-order valence-corrected chi connectivity index (χ2v) is 5.81. The minimum Gasteiger partial charge on any atom is -0.318 e.